The summed E-state index contributed by atoms with van der Waals surface area (Å²) in [4.78, 5) is 20.1. The van der Waals surface area contributed by atoms with Crippen molar-refractivity contribution in [2.24, 2.45) is 10.9 Å². The molecule has 2 aliphatic rings. The van der Waals surface area contributed by atoms with Gasteiger partial charge in [-0.1, -0.05) is 0 Å². The van der Waals surface area contributed by atoms with Crippen LogP contribution in [-0.4, -0.2) is 80.9 Å². The van der Waals surface area contributed by atoms with E-state index in [-0.39, 0.29) is 12.5 Å². The van der Waals surface area contributed by atoms with Gasteiger partial charge < -0.3 is 24.6 Å². The van der Waals surface area contributed by atoms with Crippen LogP contribution in [0.2, 0.25) is 0 Å². The Morgan fingerprint density at radius 2 is 2.09 bits per heavy atom. The highest BCUT2D eigenvalue weighted by Crippen LogP contribution is 2.34. The number of guanidine groups is 1. The van der Waals surface area contributed by atoms with Crippen LogP contribution in [0, 0.1) is 5.92 Å². The van der Waals surface area contributed by atoms with Crippen LogP contribution in [0.25, 0.3) is 0 Å². The van der Waals surface area contributed by atoms with Crippen LogP contribution in [0.5, 0.6) is 0 Å². The number of likely N-dealkylation sites (N-methyl/N-ethyl adjacent to an activating group) is 1. The van der Waals surface area contributed by atoms with Crippen LogP contribution in [0.15, 0.2) is 4.99 Å². The molecular weight excluding hydrogens is 296 g/mol. The number of likely N-dealkylation sites (tertiary alicyclic amines) is 1. The summed E-state index contributed by atoms with van der Waals surface area (Å²) >= 11 is 0. The molecule has 0 bridgehead atoms. The van der Waals surface area contributed by atoms with E-state index in [9.17, 15) is 4.79 Å². The average molecular weight is 326 g/mol. The van der Waals surface area contributed by atoms with Gasteiger partial charge in [-0.25, -0.2) is 4.99 Å². The lowest BCUT2D eigenvalue weighted by molar-refractivity contribution is -0.189. The molecule has 0 aromatic rings. The minimum Gasteiger partial charge on any atom is -0.357 e. The first-order valence-corrected chi connectivity index (χ1v) is 8.47. The van der Waals surface area contributed by atoms with Gasteiger partial charge in [0, 0.05) is 39.6 Å². The molecule has 0 aromatic heterocycles. The topological polar surface area (TPSA) is 66.4 Å². The van der Waals surface area contributed by atoms with Crippen molar-refractivity contribution in [2.75, 3.05) is 53.5 Å². The molecule has 1 N–H and O–H groups in total. The van der Waals surface area contributed by atoms with Crippen molar-refractivity contribution in [3.63, 3.8) is 0 Å². The van der Waals surface area contributed by atoms with Gasteiger partial charge in [0.1, 0.15) is 6.54 Å². The van der Waals surface area contributed by atoms with Gasteiger partial charge in [-0.2, -0.15) is 0 Å². The molecule has 2 saturated heterocycles. The SMILES string of the molecule is CCNC(=NCC(=O)N(C)C)N1CCCC(C2(C)OCCO2)C1. The third kappa shape index (κ3) is 4.57. The first-order chi connectivity index (χ1) is 11.0. The third-order valence-corrected chi connectivity index (χ3v) is 4.52. The maximum atomic E-state index is 11.8. The molecule has 0 spiro atoms. The van der Waals surface area contributed by atoms with Gasteiger partial charge in [0.15, 0.2) is 11.7 Å². The molecule has 23 heavy (non-hydrogen) atoms. The number of aliphatic imine (C=N–C) groups is 1. The van der Waals surface area contributed by atoms with Crippen molar-refractivity contribution in [2.45, 2.75) is 32.5 Å². The van der Waals surface area contributed by atoms with Crippen LogP contribution in [0.1, 0.15) is 26.7 Å². The Bertz CT molecular complexity index is 433. The van der Waals surface area contributed by atoms with Crippen molar-refractivity contribution in [3.8, 4) is 0 Å². The highest BCUT2D eigenvalue weighted by atomic mass is 16.7. The van der Waals surface area contributed by atoms with E-state index in [2.05, 4.69) is 15.2 Å². The second kappa shape index (κ2) is 7.97. The molecule has 132 valence electrons. The second-order valence-corrected chi connectivity index (χ2v) is 6.46. The minimum absolute atomic E-state index is 0.00313. The van der Waals surface area contributed by atoms with E-state index in [0.717, 1.165) is 38.4 Å². The van der Waals surface area contributed by atoms with Crippen molar-refractivity contribution in [1.82, 2.24) is 15.1 Å². The number of carbonyl (C=O) groups excluding carboxylic acids is 1. The molecule has 2 heterocycles. The molecular formula is C16H30N4O3. The molecule has 7 heteroatoms. The lowest BCUT2D eigenvalue weighted by Gasteiger charge is -2.41. The van der Waals surface area contributed by atoms with E-state index in [1.165, 1.54) is 0 Å². The second-order valence-electron chi connectivity index (χ2n) is 6.46. The number of piperidine rings is 1. The van der Waals surface area contributed by atoms with E-state index < -0.39 is 5.79 Å². The average Bonchev–Trinajstić information content (AvgIpc) is 2.99. The Morgan fingerprint density at radius 1 is 1.39 bits per heavy atom. The maximum Gasteiger partial charge on any atom is 0.243 e. The largest absolute Gasteiger partial charge is 0.357 e. The molecule has 7 nitrogen and oxygen atoms in total. The van der Waals surface area contributed by atoms with Gasteiger partial charge in [-0.3, -0.25) is 4.79 Å². The van der Waals surface area contributed by atoms with Gasteiger partial charge in [-0.15, -0.1) is 0 Å². The summed E-state index contributed by atoms with van der Waals surface area (Å²) in [6.45, 7) is 8.12. The Morgan fingerprint density at radius 3 is 2.70 bits per heavy atom. The third-order valence-electron chi connectivity index (χ3n) is 4.52. The van der Waals surface area contributed by atoms with Crippen LogP contribution in [0.3, 0.4) is 0 Å². The van der Waals surface area contributed by atoms with E-state index in [4.69, 9.17) is 9.47 Å². The van der Waals surface area contributed by atoms with Gasteiger partial charge >= 0.3 is 0 Å². The molecule has 0 radical (unpaired) electrons. The Kier molecular flexibility index (Phi) is 6.24. The van der Waals surface area contributed by atoms with Crippen molar-refractivity contribution < 1.29 is 14.3 Å². The number of amides is 1. The number of nitrogens with zero attached hydrogens (tertiary/aromatic N) is 3. The fourth-order valence-electron chi connectivity index (χ4n) is 3.07. The lowest BCUT2D eigenvalue weighted by atomic mass is 9.90. The van der Waals surface area contributed by atoms with Crippen LogP contribution in [-0.2, 0) is 14.3 Å². The fraction of sp³-hybridized carbons (Fsp3) is 0.875. The minimum atomic E-state index is -0.491. The van der Waals surface area contributed by atoms with Crippen LogP contribution < -0.4 is 5.32 Å². The Balaban J connectivity index is 2.03. The number of ether oxygens (including phenoxy) is 2. The molecule has 2 rings (SSSR count). The van der Waals surface area contributed by atoms with Crippen molar-refractivity contribution in [1.29, 1.82) is 0 Å². The number of nitrogens with one attached hydrogen (secondary N) is 1. The zero-order valence-electron chi connectivity index (χ0n) is 14.8. The Labute approximate surface area is 139 Å². The predicted octanol–water partition coefficient (Wildman–Crippen LogP) is 0.515. The van der Waals surface area contributed by atoms with E-state index in [1.54, 1.807) is 19.0 Å². The van der Waals surface area contributed by atoms with Gasteiger partial charge in [0.05, 0.1) is 13.2 Å². The summed E-state index contributed by atoms with van der Waals surface area (Å²) in [7, 11) is 3.49. The maximum absolute atomic E-state index is 11.8. The zero-order chi connectivity index (χ0) is 16.9. The molecule has 2 fully saturated rings. The van der Waals surface area contributed by atoms with Crippen molar-refractivity contribution >= 4 is 11.9 Å². The monoisotopic (exact) mass is 326 g/mol. The molecule has 0 saturated carbocycles. The normalized spacial score (nSPS) is 24.6. The highest BCUT2D eigenvalue weighted by Gasteiger charge is 2.42. The van der Waals surface area contributed by atoms with Gasteiger partial charge in [-0.05, 0) is 26.7 Å². The van der Waals surface area contributed by atoms with Crippen molar-refractivity contribution in [3.05, 3.63) is 0 Å². The van der Waals surface area contributed by atoms with E-state index >= 15 is 0 Å². The number of carbonyl (C=O) groups is 1. The smallest absolute Gasteiger partial charge is 0.243 e. The van der Waals surface area contributed by atoms with Gasteiger partial charge in [0.25, 0.3) is 0 Å². The van der Waals surface area contributed by atoms with E-state index in [1.807, 2.05) is 13.8 Å². The molecule has 0 aromatic carbocycles. The summed E-state index contributed by atoms with van der Waals surface area (Å²) in [5.41, 5.74) is 0. The summed E-state index contributed by atoms with van der Waals surface area (Å²) in [6, 6.07) is 0. The number of hydrogen-bond acceptors (Lipinski definition) is 4. The molecule has 2 aliphatic heterocycles. The summed E-state index contributed by atoms with van der Waals surface area (Å²) < 4.78 is 11.7. The summed E-state index contributed by atoms with van der Waals surface area (Å²) in [6.07, 6.45) is 2.15. The standard InChI is InChI=1S/C16H30N4O3/c1-5-17-15(18-11-14(21)19(3)4)20-8-6-7-13(12-20)16(2)22-9-10-23-16/h13H,5-12H2,1-4H3,(H,17,18). The lowest BCUT2D eigenvalue weighted by Crippen LogP contribution is -2.52. The first-order valence-electron chi connectivity index (χ1n) is 8.47. The van der Waals surface area contributed by atoms with E-state index in [0.29, 0.717) is 19.1 Å². The summed E-state index contributed by atoms with van der Waals surface area (Å²) in [5.74, 6) is 0.625. The number of rotatable bonds is 4. The van der Waals surface area contributed by atoms with Crippen LogP contribution >= 0.6 is 0 Å². The number of hydrogen-bond donors (Lipinski definition) is 1. The fourth-order valence-corrected chi connectivity index (χ4v) is 3.07. The quantitative estimate of drug-likeness (QED) is 0.602. The van der Waals surface area contributed by atoms with Gasteiger partial charge in [0.2, 0.25) is 5.91 Å². The zero-order valence-corrected chi connectivity index (χ0v) is 14.8. The molecule has 1 amide bonds. The molecule has 0 aliphatic carbocycles. The summed E-state index contributed by atoms with van der Waals surface area (Å²) in [5, 5.41) is 3.29. The van der Waals surface area contributed by atoms with Crippen LogP contribution in [0.4, 0.5) is 0 Å². The predicted molar refractivity (Wildman–Crippen MR) is 89.3 cm³/mol. The molecule has 1 atom stereocenters. The Hall–Kier alpha value is -1.34. The molecule has 1 unspecified atom stereocenters. The highest BCUT2D eigenvalue weighted by molar-refractivity contribution is 5.84. The first kappa shape index (κ1) is 18.0.